The number of hydrogen-bond donors (Lipinski definition) is 9. The van der Waals surface area contributed by atoms with Crippen LogP contribution in [0.4, 0.5) is 0 Å². The Kier molecular flexibility index (Phi) is 11.2. The molecule has 14 N–H and O–H groups in total. The van der Waals surface area contributed by atoms with Gasteiger partial charge in [0, 0.05) is 18.6 Å². The van der Waals surface area contributed by atoms with Gasteiger partial charge in [-0.1, -0.05) is 0 Å². The Morgan fingerprint density at radius 1 is 0.781 bits per heavy atom. The molecule has 1 saturated carbocycles. The molecular formula is C18H38N5NaO8. The van der Waals surface area contributed by atoms with Crippen molar-refractivity contribution < 1.29 is 39.4 Å². The molecule has 3 fully saturated rings. The van der Waals surface area contributed by atoms with Gasteiger partial charge in [0.05, 0.1) is 24.8 Å². The van der Waals surface area contributed by atoms with Crippen molar-refractivity contribution in [3.05, 3.63) is 0 Å². The van der Waals surface area contributed by atoms with E-state index in [9.17, 15) is 20.4 Å². The fraction of sp³-hybridized carbons (Fsp3) is 1.00. The number of rotatable bonds is 6. The summed E-state index contributed by atoms with van der Waals surface area (Å²) in [5.74, 6) is 0. The van der Waals surface area contributed by atoms with E-state index in [4.69, 9.17) is 47.6 Å². The maximum absolute atomic E-state index is 11.0. The molecule has 0 bridgehead atoms. The molecule has 184 valence electrons. The normalized spacial score (nSPS) is 50.0. The molecule has 0 spiro atoms. The SMILES string of the molecule is NC[C@@H]1CC[C@@H](N)[C@@H](O[C@H]2[C@H](O)[C@@H](O[C@H]3O[C@H](CO)[C@@H](O)[C@H](N)[C@H]3O)[C@H](N)C[C@@H]2N)O1.[NaH]. The Hall–Kier alpha value is 0.480. The topological polar surface area (TPSA) is 248 Å². The third kappa shape index (κ3) is 6.18. The van der Waals surface area contributed by atoms with Crippen LogP contribution in [0.2, 0.25) is 0 Å². The van der Waals surface area contributed by atoms with Crippen molar-refractivity contribution in [2.45, 2.75) is 98.7 Å². The molecule has 0 aromatic carbocycles. The molecule has 2 heterocycles. The second-order valence-electron chi connectivity index (χ2n) is 8.64. The zero-order valence-corrected chi connectivity index (χ0v) is 17.3. The van der Waals surface area contributed by atoms with Crippen LogP contribution in [0.25, 0.3) is 0 Å². The minimum atomic E-state index is -1.41. The monoisotopic (exact) mass is 475 g/mol. The summed E-state index contributed by atoms with van der Waals surface area (Å²) in [4.78, 5) is 0. The minimum absolute atomic E-state index is 0. The van der Waals surface area contributed by atoms with Crippen LogP contribution >= 0.6 is 0 Å². The van der Waals surface area contributed by atoms with Gasteiger partial charge in [-0.05, 0) is 19.3 Å². The Balaban J connectivity index is 0.00000363. The van der Waals surface area contributed by atoms with Gasteiger partial charge in [-0.2, -0.15) is 0 Å². The molecule has 0 amide bonds. The molecular weight excluding hydrogens is 437 g/mol. The molecule has 0 aromatic heterocycles. The van der Waals surface area contributed by atoms with E-state index in [0.29, 0.717) is 19.4 Å². The first-order valence-electron chi connectivity index (χ1n) is 10.7. The van der Waals surface area contributed by atoms with Crippen LogP contribution in [0, 0.1) is 0 Å². The van der Waals surface area contributed by atoms with Crippen LogP contribution in [-0.4, -0.2) is 143 Å². The summed E-state index contributed by atoms with van der Waals surface area (Å²) in [6, 6.07) is -2.85. The Morgan fingerprint density at radius 3 is 1.94 bits per heavy atom. The quantitative estimate of drug-likeness (QED) is 0.163. The van der Waals surface area contributed by atoms with E-state index in [0.717, 1.165) is 0 Å². The van der Waals surface area contributed by atoms with Crippen LogP contribution < -0.4 is 28.7 Å². The molecule has 14 heteroatoms. The molecule has 0 unspecified atom stereocenters. The molecule has 1 aliphatic carbocycles. The molecule has 0 aromatic rings. The van der Waals surface area contributed by atoms with Crippen molar-refractivity contribution in [3.63, 3.8) is 0 Å². The summed E-state index contributed by atoms with van der Waals surface area (Å²) in [5.41, 5.74) is 30.0. The first-order chi connectivity index (χ1) is 14.7. The van der Waals surface area contributed by atoms with Crippen molar-refractivity contribution in [1.82, 2.24) is 0 Å². The summed E-state index contributed by atoms with van der Waals surface area (Å²) in [5, 5.41) is 40.7. The second-order valence-corrected chi connectivity index (χ2v) is 8.64. The van der Waals surface area contributed by atoms with Gasteiger partial charge in [0.25, 0.3) is 0 Å². The molecule has 2 saturated heterocycles. The number of nitrogens with two attached hydrogens (primary N) is 5. The van der Waals surface area contributed by atoms with Gasteiger partial charge in [-0.3, -0.25) is 0 Å². The Bertz CT molecular complexity index is 583. The molecule has 32 heavy (non-hydrogen) atoms. The van der Waals surface area contributed by atoms with Crippen molar-refractivity contribution in [1.29, 1.82) is 0 Å². The van der Waals surface area contributed by atoms with Crippen molar-refractivity contribution in [3.8, 4) is 0 Å². The standard InChI is InChI=1S/C18H37N5O8.Na.H/c19-4-6-1-2-7(20)17(28-6)30-15-8(21)3-9(22)16(14(15)27)31-18-13(26)11(23)12(25)10(5-24)29-18;;/h6-18,24-27H,1-5,19-23H2;;/t6-,7+,8-,9+,10+,11-,12+,13+,14-,15+,16-,17+,18+;;/m0../s1. The van der Waals surface area contributed by atoms with E-state index < -0.39 is 80.0 Å². The predicted molar refractivity (Wildman–Crippen MR) is 114 cm³/mol. The van der Waals surface area contributed by atoms with Gasteiger partial charge >= 0.3 is 29.6 Å². The number of aliphatic hydroxyl groups is 4. The van der Waals surface area contributed by atoms with E-state index >= 15 is 0 Å². The Morgan fingerprint density at radius 2 is 1.38 bits per heavy atom. The van der Waals surface area contributed by atoms with Crippen LogP contribution in [-0.2, 0) is 18.9 Å². The third-order valence-electron chi connectivity index (χ3n) is 6.34. The van der Waals surface area contributed by atoms with Crippen molar-refractivity contribution in [2.75, 3.05) is 13.2 Å². The molecule has 2 aliphatic heterocycles. The van der Waals surface area contributed by atoms with E-state index in [2.05, 4.69) is 0 Å². The van der Waals surface area contributed by atoms with E-state index in [1.807, 2.05) is 0 Å². The first-order valence-corrected chi connectivity index (χ1v) is 10.7. The van der Waals surface area contributed by atoms with Crippen molar-refractivity contribution >= 4 is 29.6 Å². The predicted octanol–water partition coefficient (Wildman–Crippen LogP) is -5.92. The maximum atomic E-state index is 11.0. The zero-order valence-electron chi connectivity index (χ0n) is 17.3. The number of aliphatic hydroxyl groups excluding tert-OH is 4. The molecule has 0 radical (unpaired) electrons. The van der Waals surface area contributed by atoms with E-state index in [1.54, 1.807) is 0 Å². The average Bonchev–Trinajstić information content (AvgIpc) is 2.75. The van der Waals surface area contributed by atoms with Crippen LogP contribution in [0.1, 0.15) is 19.3 Å². The van der Waals surface area contributed by atoms with E-state index in [1.165, 1.54) is 0 Å². The Labute approximate surface area is 209 Å². The number of ether oxygens (including phenoxy) is 4. The van der Waals surface area contributed by atoms with Gasteiger partial charge in [0.2, 0.25) is 0 Å². The third-order valence-corrected chi connectivity index (χ3v) is 6.34. The zero-order chi connectivity index (χ0) is 22.9. The van der Waals surface area contributed by atoms with Gasteiger partial charge in [0.1, 0.15) is 36.6 Å². The van der Waals surface area contributed by atoms with Gasteiger partial charge in [-0.25, -0.2) is 0 Å². The van der Waals surface area contributed by atoms with Gasteiger partial charge < -0.3 is 68.0 Å². The van der Waals surface area contributed by atoms with E-state index in [-0.39, 0.29) is 42.1 Å². The summed E-state index contributed by atoms with van der Waals surface area (Å²) in [6.45, 7) is -0.214. The summed E-state index contributed by atoms with van der Waals surface area (Å²) < 4.78 is 23.0. The fourth-order valence-electron chi connectivity index (χ4n) is 4.36. The molecule has 13 atom stereocenters. The molecule has 3 rings (SSSR count). The average molecular weight is 476 g/mol. The van der Waals surface area contributed by atoms with Crippen LogP contribution in [0.3, 0.4) is 0 Å². The summed E-state index contributed by atoms with van der Waals surface area (Å²) in [7, 11) is 0. The van der Waals surface area contributed by atoms with Crippen LogP contribution in [0.15, 0.2) is 0 Å². The summed E-state index contributed by atoms with van der Waals surface area (Å²) in [6.07, 6.45) is -7.72. The number of hydrogen-bond acceptors (Lipinski definition) is 13. The summed E-state index contributed by atoms with van der Waals surface area (Å²) >= 11 is 0. The van der Waals surface area contributed by atoms with Crippen molar-refractivity contribution in [2.24, 2.45) is 28.7 Å². The second kappa shape index (κ2) is 12.4. The van der Waals surface area contributed by atoms with Gasteiger partial charge in [-0.15, -0.1) is 0 Å². The molecule has 13 nitrogen and oxygen atoms in total. The molecule has 3 aliphatic rings. The fourth-order valence-corrected chi connectivity index (χ4v) is 4.36. The van der Waals surface area contributed by atoms with Crippen LogP contribution in [0.5, 0.6) is 0 Å². The van der Waals surface area contributed by atoms with Gasteiger partial charge in [0.15, 0.2) is 12.6 Å². The first kappa shape index (κ1) is 28.7.